The summed E-state index contributed by atoms with van der Waals surface area (Å²) < 4.78 is 5.26. The van der Waals surface area contributed by atoms with Crippen molar-refractivity contribution in [2.24, 2.45) is 0 Å². The molecule has 3 aromatic rings. The molecule has 1 fully saturated rings. The summed E-state index contributed by atoms with van der Waals surface area (Å²) in [6.07, 6.45) is 0. The summed E-state index contributed by atoms with van der Waals surface area (Å²) in [5.41, 5.74) is 3.33. The van der Waals surface area contributed by atoms with Crippen molar-refractivity contribution in [2.75, 3.05) is 38.2 Å². The zero-order valence-corrected chi connectivity index (χ0v) is 16.7. The summed E-state index contributed by atoms with van der Waals surface area (Å²) >= 11 is 6.10. The molecule has 2 aromatic carbocycles. The highest BCUT2D eigenvalue weighted by atomic mass is 35.5. The third-order valence-electron chi connectivity index (χ3n) is 5.19. The van der Waals surface area contributed by atoms with Crippen LogP contribution in [-0.2, 0) is 0 Å². The third-order valence-corrected chi connectivity index (χ3v) is 5.42. The number of pyridine rings is 1. The lowest BCUT2D eigenvalue weighted by atomic mass is 10.1. The van der Waals surface area contributed by atoms with E-state index in [-0.39, 0.29) is 5.91 Å². The van der Waals surface area contributed by atoms with Crippen molar-refractivity contribution in [2.45, 2.75) is 6.92 Å². The van der Waals surface area contributed by atoms with Crippen LogP contribution in [0.5, 0.6) is 5.75 Å². The van der Waals surface area contributed by atoms with Crippen LogP contribution in [0.15, 0.2) is 48.5 Å². The van der Waals surface area contributed by atoms with Crippen LogP contribution in [0.3, 0.4) is 0 Å². The number of carbonyl (C=O) groups is 1. The van der Waals surface area contributed by atoms with E-state index in [1.54, 1.807) is 7.11 Å². The Bertz CT molecular complexity index is 1030. The number of hydrogen-bond donors (Lipinski definition) is 0. The number of aromatic nitrogens is 1. The first-order chi connectivity index (χ1) is 13.5. The highest BCUT2D eigenvalue weighted by Crippen LogP contribution is 2.24. The second-order valence-electron chi connectivity index (χ2n) is 6.94. The molecule has 0 atom stereocenters. The largest absolute Gasteiger partial charge is 0.497 e. The fourth-order valence-electron chi connectivity index (χ4n) is 3.60. The van der Waals surface area contributed by atoms with Gasteiger partial charge < -0.3 is 14.5 Å². The summed E-state index contributed by atoms with van der Waals surface area (Å²) in [6, 6.07) is 15.5. The first kappa shape index (κ1) is 18.6. The van der Waals surface area contributed by atoms with E-state index in [1.165, 1.54) is 0 Å². The van der Waals surface area contributed by atoms with Crippen LogP contribution in [0.1, 0.15) is 16.1 Å². The molecule has 0 bridgehead atoms. The molecule has 1 saturated heterocycles. The predicted octanol–water partition coefficient (Wildman–Crippen LogP) is 4.17. The number of anilines is 1. The molecule has 1 amide bonds. The first-order valence-electron chi connectivity index (χ1n) is 9.30. The SMILES string of the molecule is COc1ccc2cc(C(=O)N3CCN(c4cccc(Cl)c4)CC3)c(C)nc2c1. The smallest absolute Gasteiger partial charge is 0.255 e. The lowest BCUT2D eigenvalue weighted by molar-refractivity contribution is 0.0746. The van der Waals surface area contributed by atoms with E-state index < -0.39 is 0 Å². The molecule has 1 aliphatic heterocycles. The minimum Gasteiger partial charge on any atom is -0.497 e. The molecule has 0 aliphatic carbocycles. The van der Waals surface area contributed by atoms with Crippen molar-refractivity contribution in [1.29, 1.82) is 0 Å². The van der Waals surface area contributed by atoms with Crippen molar-refractivity contribution >= 4 is 34.1 Å². The van der Waals surface area contributed by atoms with Crippen molar-refractivity contribution in [1.82, 2.24) is 9.88 Å². The average molecular weight is 396 g/mol. The molecule has 1 aliphatic rings. The van der Waals surface area contributed by atoms with Gasteiger partial charge in [-0.05, 0) is 43.3 Å². The van der Waals surface area contributed by atoms with Crippen LogP contribution in [0, 0.1) is 6.92 Å². The Labute approximate surface area is 169 Å². The summed E-state index contributed by atoms with van der Waals surface area (Å²) in [4.78, 5) is 21.9. The molecule has 0 radical (unpaired) electrons. The summed E-state index contributed by atoms with van der Waals surface area (Å²) in [7, 11) is 1.63. The monoisotopic (exact) mass is 395 g/mol. The molecule has 28 heavy (non-hydrogen) atoms. The van der Waals surface area contributed by atoms with E-state index in [2.05, 4.69) is 16.0 Å². The van der Waals surface area contributed by atoms with Gasteiger partial charge in [-0.15, -0.1) is 0 Å². The number of nitrogens with zero attached hydrogens (tertiary/aromatic N) is 3. The van der Waals surface area contributed by atoms with E-state index in [1.807, 2.05) is 54.3 Å². The molecule has 5 nitrogen and oxygen atoms in total. The molecule has 144 valence electrons. The lowest BCUT2D eigenvalue weighted by Gasteiger charge is -2.36. The number of hydrogen-bond acceptors (Lipinski definition) is 4. The fraction of sp³-hybridized carbons (Fsp3) is 0.273. The molecule has 0 spiro atoms. The maximum absolute atomic E-state index is 13.1. The van der Waals surface area contributed by atoms with Crippen molar-refractivity contribution in [3.05, 3.63) is 64.8 Å². The van der Waals surface area contributed by atoms with Crippen molar-refractivity contribution in [3.63, 3.8) is 0 Å². The average Bonchev–Trinajstić information content (AvgIpc) is 2.72. The van der Waals surface area contributed by atoms with Crippen LogP contribution in [0.4, 0.5) is 5.69 Å². The van der Waals surface area contributed by atoms with Gasteiger partial charge >= 0.3 is 0 Å². The number of benzene rings is 2. The topological polar surface area (TPSA) is 45.7 Å². The number of amides is 1. The number of fused-ring (bicyclic) bond motifs is 1. The van der Waals surface area contributed by atoms with Crippen LogP contribution in [0.25, 0.3) is 10.9 Å². The molecule has 1 aromatic heterocycles. The van der Waals surface area contributed by atoms with E-state index in [9.17, 15) is 4.79 Å². The molecule has 0 N–H and O–H groups in total. The fourth-order valence-corrected chi connectivity index (χ4v) is 3.78. The molecule has 0 unspecified atom stereocenters. The summed E-state index contributed by atoms with van der Waals surface area (Å²) in [5, 5.41) is 1.66. The Kier molecular flexibility index (Phi) is 5.09. The third kappa shape index (κ3) is 3.62. The predicted molar refractivity (Wildman–Crippen MR) is 113 cm³/mol. The van der Waals surface area contributed by atoms with E-state index >= 15 is 0 Å². The molecular weight excluding hydrogens is 374 g/mol. The molecule has 6 heteroatoms. The summed E-state index contributed by atoms with van der Waals surface area (Å²) in [6.45, 7) is 4.79. The van der Waals surface area contributed by atoms with Crippen LogP contribution in [-0.4, -0.2) is 49.1 Å². The van der Waals surface area contributed by atoms with Gasteiger partial charge in [0.05, 0.1) is 23.9 Å². The Morgan fingerprint density at radius 2 is 1.86 bits per heavy atom. The maximum atomic E-state index is 13.1. The van der Waals surface area contributed by atoms with E-state index in [4.69, 9.17) is 16.3 Å². The van der Waals surface area contributed by atoms with Crippen LogP contribution < -0.4 is 9.64 Å². The van der Waals surface area contributed by atoms with Gasteiger partial charge in [0.25, 0.3) is 5.91 Å². The highest BCUT2D eigenvalue weighted by molar-refractivity contribution is 6.30. The number of methoxy groups -OCH3 is 1. The standard InChI is InChI=1S/C22H22ClN3O2/c1-15-20(12-16-6-7-19(28-2)14-21(16)24-15)22(27)26-10-8-25(9-11-26)18-5-3-4-17(23)13-18/h3-7,12-14H,8-11H2,1-2H3. The minimum atomic E-state index is 0.0356. The number of aryl methyl sites for hydroxylation is 1. The number of halogens is 1. The van der Waals surface area contributed by atoms with Gasteiger partial charge in [0.2, 0.25) is 0 Å². The Morgan fingerprint density at radius 1 is 1.07 bits per heavy atom. The minimum absolute atomic E-state index is 0.0356. The van der Waals surface area contributed by atoms with E-state index in [0.717, 1.165) is 46.1 Å². The van der Waals surface area contributed by atoms with Crippen molar-refractivity contribution in [3.8, 4) is 5.75 Å². The number of piperazine rings is 1. The Morgan fingerprint density at radius 3 is 2.57 bits per heavy atom. The second-order valence-corrected chi connectivity index (χ2v) is 7.38. The van der Waals surface area contributed by atoms with Gasteiger partial charge in [0.15, 0.2) is 0 Å². The molecule has 0 saturated carbocycles. The Hall–Kier alpha value is -2.79. The van der Waals surface area contributed by atoms with Gasteiger partial charge in [0.1, 0.15) is 5.75 Å². The Balaban J connectivity index is 1.51. The normalized spacial score (nSPS) is 14.4. The van der Waals surface area contributed by atoms with Gasteiger partial charge in [-0.3, -0.25) is 9.78 Å². The van der Waals surface area contributed by atoms with Gasteiger partial charge in [0, 0.05) is 48.3 Å². The van der Waals surface area contributed by atoms with Crippen LogP contribution in [0.2, 0.25) is 5.02 Å². The highest BCUT2D eigenvalue weighted by Gasteiger charge is 2.24. The maximum Gasteiger partial charge on any atom is 0.255 e. The lowest BCUT2D eigenvalue weighted by Crippen LogP contribution is -2.49. The number of carbonyl (C=O) groups excluding carboxylic acids is 1. The van der Waals surface area contributed by atoms with Gasteiger partial charge in [-0.2, -0.15) is 0 Å². The van der Waals surface area contributed by atoms with Crippen molar-refractivity contribution < 1.29 is 9.53 Å². The second kappa shape index (κ2) is 7.68. The zero-order valence-electron chi connectivity index (χ0n) is 16.0. The number of ether oxygens (including phenoxy) is 1. The molecule has 4 rings (SSSR count). The van der Waals surface area contributed by atoms with Crippen LogP contribution >= 0.6 is 11.6 Å². The zero-order chi connectivity index (χ0) is 19.7. The van der Waals surface area contributed by atoms with Gasteiger partial charge in [-0.25, -0.2) is 0 Å². The summed E-state index contributed by atoms with van der Waals surface area (Å²) in [5.74, 6) is 0.795. The molecular formula is C22H22ClN3O2. The molecule has 2 heterocycles. The van der Waals surface area contributed by atoms with E-state index in [0.29, 0.717) is 18.7 Å². The number of rotatable bonds is 3. The quantitative estimate of drug-likeness (QED) is 0.667. The van der Waals surface area contributed by atoms with Gasteiger partial charge in [-0.1, -0.05) is 17.7 Å². The first-order valence-corrected chi connectivity index (χ1v) is 9.68.